The Morgan fingerprint density at radius 2 is 2.06 bits per heavy atom. The van der Waals surface area contributed by atoms with Crippen molar-refractivity contribution in [3.63, 3.8) is 0 Å². The number of carboxylic acid groups (broad SMARTS) is 1. The van der Waals surface area contributed by atoms with Crippen LogP contribution >= 0.6 is 0 Å². The lowest BCUT2D eigenvalue weighted by Crippen LogP contribution is -2.45. The number of rotatable bonds is 2. The molecule has 1 aliphatic carbocycles. The van der Waals surface area contributed by atoms with Gasteiger partial charge in [0.05, 0.1) is 0 Å². The van der Waals surface area contributed by atoms with Crippen LogP contribution in [0, 0.1) is 0 Å². The summed E-state index contributed by atoms with van der Waals surface area (Å²) in [6, 6.07) is 8.28. The van der Waals surface area contributed by atoms with Crippen LogP contribution in [-0.2, 0) is 4.79 Å². The smallest absolute Gasteiger partial charge is 0.323 e. The molecule has 0 saturated heterocycles. The third kappa shape index (κ3) is 1.98. The largest absolute Gasteiger partial charge is 0.480 e. The molecule has 2 atom stereocenters. The van der Waals surface area contributed by atoms with Gasteiger partial charge in [-0.15, -0.1) is 0 Å². The number of hydrogen-bond acceptors (Lipinski definition) is 2. The summed E-state index contributed by atoms with van der Waals surface area (Å²) in [6.45, 7) is 0. The zero-order valence-electron chi connectivity index (χ0n) is 9.44. The normalized spacial score (nSPS) is 29.2. The molecule has 1 saturated carbocycles. The van der Waals surface area contributed by atoms with E-state index in [2.05, 4.69) is 24.3 Å². The van der Waals surface area contributed by atoms with Crippen molar-refractivity contribution < 1.29 is 9.90 Å². The van der Waals surface area contributed by atoms with Gasteiger partial charge in [-0.2, -0.15) is 0 Å². The van der Waals surface area contributed by atoms with E-state index in [4.69, 9.17) is 10.8 Å². The topological polar surface area (TPSA) is 63.3 Å². The molecular weight excluding hydrogens is 201 g/mol. The predicted octanol–water partition coefficient (Wildman–Crippen LogP) is -0.00540. The van der Waals surface area contributed by atoms with Crippen molar-refractivity contribution in [1.29, 1.82) is 0 Å². The second kappa shape index (κ2) is 3.94. The molecule has 0 aromatic heterocycles. The van der Waals surface area contributed by atoms with Crippen LogP contribution < -0.4 is 11.2 Å². The van der Waals surface area contributed by atoms with Gasteiger partial charge >= 0.3 is 5.97 Å². The Morgan fingerprint density at radius 3 is 2.56 bits per heavy atom. The zero-order chi connectivity index (χ0) is 11.8. The number of carbonyl (C=O) groups is 1. The van der Waals surface area contributed by atoms with Crippen LogP contribution in [0.4, 0.5) is 0 Å². The van der Waals surface area contributed by atoms with E-state index in [1.54, 1.807) is 0 Å². The molecule has 0 amide bonds. The fraction of sp³-hybridized carbons (Fsp3) is 0.417. The van der Waals surface area contributed by atoms with E-state index in [0.717, 1.165) is 6.42 Å². The molecule has 16 heavy (non-hydrogen) atoms. The number of carboxylic acids is 1. The molecule has 1 aliphatic rings. The fourth-order valence-electron chi connectivity index (χ4n) is 2.39. The van der Waals surface area contributed by atoms with Crippen molar-refractivity contribution in [2.75, 3.05) is 0 Å². The van der Waals surface area contributed by atoms with Crippen LogP contribution in [0.3, 0.4) is 0 Å². The summed E-state index contributed by atoms with van der Waals surface area (Å²) in [4.78, 5) is 11.0. The number of benzene rings is 1. The summed E-state index contributed by atoms with van der Waals surface area (Å²) in [5, 5.41) is 9.06. The zero-order valence-corrected chi connectivity index (χ0v) is 9.44. The van der Waals surface area contributed by atoms with Gasteiger partial charge in [-0.1, -0.05) is 29.7 Å². The number of nitrogens with two attached hydrogens (primary N) is 1. The minimum absolute atomic E-state index is 0.293. The van der Waals surface area contributed by atoms with Crippen LogP contribution in [0.2, 0.25) is 0 Å². The summed E-state index contributed by atoms with van der Waals surface area (Å²) in [6.07, 6.45) is 1.98. The first-order valence-corrected chi connectivity index (χ1v) is 5.60. The van der Waals surface area contributed by atoms with Crippen molar-refractivity contribution in [3.05, 3.63) is 29.8 Å². The maximum Gasteiger partial charge on any atom is 0.323 e. The molecule has 1 fully saturated rings. The maximum absolute atomic E-state index is 11.0. The lowest BCUT2D eigenvalue weighted by molar-refractivity contribution is -0.143. The highest BCUT2D eigenvalue weighted by Gasteiger charge is 2.42. The summed E-state index contributed by atoms with van der Waals surface area (Å²) >= 11 is 0. The first-order valence-electron chi connectivity index (χ1n) is 5.60. The Morgan fingerprint density at radius 1 is 1.44 bits per heavy atom. The molecule has 0 unspecified atom stereocenters. The van der Waals surface area contributed by atoms with E-state index < -0.39 is 11.5 Å². The summed E-state index contributed by atoms with van der Waals surface area (Å²) in [7, 11) is 2.04. The van der Waals surface area contributed by atoms with Crippen LogP contribution in [0.1, 0.15) is 30.7 Å². The van der Waals surface area contributed by atoms with E-state index in [-0.39, 0.29) is 0 Å². The molecule has 4 heteroatoms. The molecule has 0 bridgehead atoms. The standard InChI is InChI=1S/C12H16BNO2/c13-10-3-1-8(2-4-10)9-5-6-12(14,7-9)11(15)16/h1-4,9H,5-7,13-14H2,(H,15,16)/t9-,12-/m0/s1. The maximum atomic E-state index is 11.0. The van der Waals surface area contributed by atoms with Gasteiger partial charge in [-0.05, 0) is 30.7 Å². The van der Waals surface area contributed by atoms with Gasteiger partial charge < -0.3 is 10.8 Å². The van der Waals surface area contributed by atoms with Crippen molar-refractivity contribution >= 4 is 19.3 Å². The van der Waals surface area contributed by atoms with Gasteiger partial charge in [-0.3, -0.25) is 4.79 Å². The lowest BCUT2D eigenvalue weighted by Gasteiger charge is -2.18. The van der Waals surface area contributed by atoms with Gasteiger partial charge in [0.25, 0.3) is 0 Å². The molecule has 0 aliphatic heterocycles. The average Bonchev–Trinajstić information content (AvgIpc) is 2.63. The average molecular weight is 217 g/mol. The van der Waals surface area contributed by atoms with Crippen LogP contribution in [0.5, 0.6) is 0 Å². The first-order chi connectivity index (χ1) is 7.51. The monoisotopic (exact) mass is 217 g/mol. The van der Waals surface area contributed by atoms with Crippen molar-refractivity contribution in [3.8, 4) is 0 Å². The molecule has 1 aromatic carbocycles. The van der Waals surface area contributed by atoms with Gasteiger partial charge in [-0.25, -0.2) is 0 Å². The predicted molar refractivity (Wildman–Crippen MR) is 65.8 cm³/mol. The van der Waals surface area contributed by atoms with E-state index in [0.29, 0.717) is 18.8 Å². The van der Waals surface area contributed by atoms with E-state index in [1.807, 2.05) is 7.85 Å². The highest BCUT2D eigenvalue weighted by atomic mass is 16.4. The van der Waals surface area contributed by atoms with E-state index in [1.165, 1.54) is 11.0 Å². The molecule has 0 spiro atoms. The quantitative estimate of drug-likeness (QED) is 0.685. The van der Waals surface area contributed by atoms with Gasteiger partial charge in [0.15, 0.2) is 0 Å². The highest BCUT2D eigenvalue weighted by Crippen LogP contribution is 2.39. The van der Waals surface area contributed by atoms with Crippen molar-refractivity contribution in [2.24, 2.45) is 5.73 Å². The second-order valence-electron chi connectivity index (χ2n) is 4.81. The molecular formula is C12H16BNO2. The molecule has 0 heterocycles. The third-order valence-electron chi connectivity index (χ3n) is 3.52. The van der Waals surface area contributed by atoms with Gasteiger partial charge in [0.1, 0.15) is 13.4 Å². The van der Waals surface area contributed by atoms with Crippen molar-refractivity contribution in [2.45, 2.75) is 30.7 Å². The van der Waals surface area contributed by atoms with Crippen LogP contribution in [0.15, 0.2) is 24.3 Å². The molecule has 2 rings (SSSR count). The number of aliphatic carboxylic acids is 1. The molecule has 3 N–H and O–H groups in total. The minimum atomic E-state index is -1.02. The summed E-state index contributed by atoms with van der Waals surface area (Å²) in [5.41, 5.74) is 7.27. The fourth-order valence-corrected chi connectivity index (χ4v) is 2.39. The minimum Gasteiger partial charge on any atom is -0.480 e. The molecule has 84 valence electrons. The highest BCUT2D eigenvalue weighted by molar-refractivity contribution is 6.32. The van der Waals surface area contributed by atoms with E-state index >= 15 is 0 Å². The Labute approximate surface area is 96.1 Å². The SMILES string of the molecule is Bc1ccc([C@H]2CC[C@@](N)(C(=O)O)C2)cc1. The second-order valence-corrected chi connectivity index (χ2v) is 4.81. The Balaban J connectivity index is 2.15. The lowest BCUT2D eigenvalue weighted by atomic mass is 9.89. The Bertz CT molecular complexity index is 404. The Hall–Kier alpha value is -1.29. The Kier molecular flexibility index (Phi) is 2.76. The molecule has 3 nitrogen and oxygen atoms in total. The molecule has 0 radical (unpaired) electrons. The summed E-state index contributed by atoms with van der Waals surface area (Å²) in [5.74, 6) is -0.580. The summed E-state index contributed by atoms with van der Waals surface area (Å²) < 4.78 is 0. The first kappa shape index (κ1) is 11.2. The van der Waals surface area contributed by atoms with Gasteiger partial charge in [0, 0.05) is 0 Å². The number of hydrogen-bond donors (Lipinski definition) is 2. The third-order valence-corrected chi connectivity index (χ3v) is 3.52. The van der Waals surface area contributed by atoms with Crippen LogP contribution in [0.25, 0.3) is 0 Å². The molecule has 1 aromatic rings. The van der Waals surface area contributed by atoms with Crippen molar-refractivity contribution in [1.82, 2.24) is 0 Å². The van der Waals surface area contributed by atoms with Crippen LogP contribution in [-0.4, -0.2) is 24.5 Å². The van der Waals surface area contributed by atoms with Gasteiger partial charge in [0.2, 0.25) is 0 Å². The van der Waals surface area contributed by atoms with E-state index in [9.17, 15) is 4.79 Å².